The third-order valence-electron chi connectivity index (χ3n) is 10.0. The Balaban J connectivity index is 0.000000261. The fourth-order valence-corrected chi connectivity index (χ4v) is 8.38. The number of ketones is 1. The molecule has 3 aromatic carbocycles. The van der Waals surface area contributed by atoms with Crippen molar-refractivity contribution in [2.75, 3.05) is 0 Å². The van der Waals surface area contributed by atoms with Gasteiger partial charge in [0.15, 0.2) is 5.78 Å². The number of aryl methyl sites for hydroxylation is 2. The summed E-state index contributed by atoms with van der Waals surface area (Å²) in [5, 5.41) is 13.3. The molecule has 6 aromatic rings. The number of aliphatic hydroxyl groups is 1. The molecule has 7 rings (SSSR count). The van der Waals surface area contributed by atoms with Crippen molar-refractivity contribution < 1.29 is 30.0 Å². The molecule has 3 aromatic heterocycles. The number of thiophene rings is 1. The fourth-order valence-electron chi connectivity index (χ4n) is 7.11. The summed E-state index contributed by atoms with van der Waals surface area (Å²) in [5.41, 5.74) is 7.14. The minimum Gasteiger partial charge on any atom is -0.512 e. The number of fused-ring (bicyclic) bond motifs is 8. The second-order valence-corrected chi connectivity index (χ2v) is 15.2. The second-order valence-electron chi connectivity index (χ2n) is 14.2. The molecule has 0 fully saturated rings. The normalized spacial score (nSPS) is 12.9. The van der Waals surface area contributed by atoms with Gasteiger partial charge in [0.25, 0.3) is 0 Å². The van der Waals surface area contributed by atoms with Crippen molar-refractivity contribution in [3.63, 3.8) is 0 Å². The van der Waals surface area contributed by atoms with Crippen LogP contribution in [-0.4, -0.2) is 25.4 Å². The van der Waals surface area contributed by atoms with Crippen molar-refractivity contribution in [3.05, 3.63) is 102 Å². The van der Waals surface area contributed by atoms with Gasteiger partial charge in [-0.3, -0.25) is 14.3 Å². The molecule has 0 spiro atoms. The van der Waals surface area contributed by atoms with E-state index in [9.17, 15) is 9.90 Å². The third kappa shape index (κ3) is 7.24. The van der Waals surface area contributed by atoms with E-state index in [1.165, 1.54) is 43.2 Å². The SMILES string of the molecule is CC(C)(C)c1cc(-c2nccc3c2sc2c3nc3n2-c2ccccc2CC3)[c-]c2ccccc12.CCC(CC)C(=O)/C=C(\O)C(CC)CC.[Ir]. The molecule has 0 saturated heterocycles. The van der Waals surface area contributed by atoms with Gasteiger partial charge in [0.1, 0.15) is 16.2 Å². The quantitative estimate of drug-likeness (QED) is 0.0940. The van der Waals surface area contributed by atoms with Crippen LogP contribution in [0.1, 0.15) is 91.1 Å². The van der Waals surface area contributed by atoms with Crippen LogP contribution in [0.3, 0.4) is 0 Å². The van der Waals surface area contributed by atoms with Crippen molar-refractivity contribution in [2.45, 2.75) is 92.4 Å². The Hall–Kier alpha value is -3.64. The third-order valence-corrected chi connectivity index (χ3v) is 11.2. The van der Waals surface area contributed by atoms with Crippen LogP contribution in [0.4, 0.5) is 0 Å². The van der Waals surface area contributed by atoms with Crippen LogP contribution in [-0.2, 0) is 43.2 Å². The van der Waals surface area contributed by atoms with Crippen LogP contribution in [0, 0.1) is 17.9 Å². The molecule has 7 heteroatoms. The predicted octanol–water partition coefficient (Wildman–Crippen LogP) is 11.5. The van der Waals surface area contributed by atoms with E-state index in [0.717, 1.165) is 66.5 Å². The number of benzene rings is 3. The van der Waals surface area contributed by atoms with Crippen LogP contribution in [0.5, 0.6) is 0 Å². The Labute approximate surface area is 314 Å². The molecule has 0 amide bonds. The summed E-state index contributed by atoms with van der Waals surface area (Å²) in [7, 11) is 0. The maximum atomic E-state index is 11.7. The van der Waals surface area contributed by atoms with Gasteiger partial charge in [-0.05, 0) is 55.2 Å². The zero-order chi connectivity index (χ0) is 34.9. The first-order valence-electron chi connectivity index (χ1n) is 17.9. The van der Waals surface area contributed by atoms with E-state index in [-0.39, 0.29) is 48.9 Å². The van der Waals surface area contributed by atoms with Crippen molar-refractivity contribution in [2.24, 2.45) is 11.8 Å². The monoisotopic (exact) mass is 863 g/mol. The summed E-state index contributed by atoms with van der Waals surface area (Å²) in [6.45, 7) is 14.9. The number of aromatic nitrogens is 3. The molecule has 0 saturated carbocycles. The molecule has 0 atom stereocenters. The van der Waals surface area contributed by atoms with Crippen molar-refractivity contribution in [1.29, 1.82) is 0 Å². The van der Waals surface area contributed by atoms with Gasteiger partial charge < -0.3 is 5.11 Å². The first kappa shape index (κ1) is 37.6. The van der Waals surface area contributed by atoms with E-state index < -0.39 is 0 Å². The molecular formula is C43H48IrN3O2S-. The first-order chi connectivity index (χ1) is 23.6. The summed E-state index contributed by atoms with van der Waals surface area (Å²) in [6.07, 6.45) is 8.86. The number of hydrogen-bond donors (Lipinski definition) is 1. The molecule has 50 heavy (non-hydrogen) atoms. The number of rotatable bonds is 8. The van der Waals surface area contributed by atoms with E-state index in [1.807, 2.05) is 33.9 Å². The van der Waals surface area contributed by atoms with Gasteiger partial charge in [-0.15, -0.1) is 40.5 Å². The molecule has 1 aliphatic rings. The topological polar surface area (TPSA) is 68.0 Å². The largest absolute Gasteiger partial charge is 0.512 e. The minimum absolute atomic E-state index is 0. The van der Waals surface area contributed by atoms with Crippen molar-refractivity contribution >= 4 is 48.3 Å². The van der Waals surface area contributed by atoms with Crippen LogP contribution in [0.25, 0.3) is 48.2 Å². The van der Waals surface area contributed by atoms with E-state index in [0.29, 0.717) is 0 Å². The second kappa shape index (κ2) is 15.7. The summed E-state index contributed by atoms with van der Waals surface area (Å²) in [5.74, 6) is 1.71. The molecule has 1 radical (unpaired) electrons. The zero-order valence-corrected chi connectivity index (χ0v) is 33.5. The Morgan fingerprint density at radius 3 is 2.32 bits per heavy atom. The van der Waals surface area contributed by atoms with Crippen LogP contribution >= 0.6 is 11.3 Å². The fraction of sp³-hybridized carbons (Fsp3) is 0.372. The standard InChI is InChI=1S/C30H24N3S.C13H24O2.Ir/c1-30(2,3)23-17-20(16-19-9-4-6-10-21(19)23)26-28-22(14-15-31-26)27-29(34-28)33-24-11-7-5-8-18(24)12-13-25(33)32-27;1-5-10(6-2)12(14)9-13(15)11(7-3)8-4;/h4-11,14-15,17H,12-13H2,1-3H3;9-11,14H,5-8H2,1-4H3;/q-1;;/b;12-9-;. The molecule has 0 bridgehead atoms. The summed E-state index contributed by atoms with van der Waals surface area (Å²) < 4.78 is 3.55. The number of allylic oxidation sites excluding steroid dienone is 2. The zero-order valence-electron chi connectivity index (χ0n) is 30.3. The van der Waals surface area contributed by atoms with Gasteiger partial charge in [0.05, 0.1) is 11.4 Å². The van der Waals surface area contributed by atoms with Gasteiger partial charge in [-0.25, -0.2) is 4.98 Å². The number of para-hydroxylation sites is 1. The average molecular weight is 863 g/mol. The molecule has 4 heterocycles. The summed E-state index contributed by atoms with van der Waals surface area (Å²) >= 11 is 1.80. The van der Waals surface area contributed by atoms with Crippen LogP contribution in [0.15, 0.2) is 78.7 Å². The van der Waals surface area contributed by atoms with E-state index >= 15 is 0 Å². The van der Waals surface area contributed by atoms with Crippen LogP contribution in [0.2, 0.25) is 0 Å². The Morgan fingerprint density at radius 1 is 0.940 bits per heavy atom. The smallest absolute Gasteiger partial charge is 0.162 e. The molecular weight excluding hydrogens is 815 g/mol. The number of imidazole rings is 1. The number of aliphatic hydroxyl groups excluding tert-OH is 1. The maximum Gasteiger partial charge on any atom is 0.162 e. The van der Waals surface area contributed by atoms with Gasteiger partial charge >= 0.3 is 0 Å². The molecule has 0 aliphatic carbocycles. The van der Waals surface area contributed by atoms with Crippen LogP contribution < -0.4 is 0 Å². The minimum atomic E-state index is 0. The van der Waals surface area contributed by atoms with Crippen molar-refractivity contribution in [3.8, 4) is 16.9 Å². The molecule has 1 aliphatic heterocycles. The van der Waals surface area contributed by atoms with Gasteiger partial charge in [0.2, 0.25) is 0 Å². The number of carbonyl (C=O) groups is 1. The average Bonchev–Trinajstić information content (AvgIpc) is 3.65. The summed E-state index contributed by atoms with van der Waals surface area (Å²) in [4.78, 5) is 22.9. The van der Waals surface area contributed by atoms with Crippen molar-refractivity contribution in [1.82, 2.24) is 14.5 Å². The van der Waals surface area contributed by atoms with Gasteiger partial charge in [-0.1, -0.05) is 95.8 Å². The molecule has 1 N–H and O–H groups in total. The van der Waals surface area contributed by atoms with E-state index in [4.69, 9.17) is 9.97 Å². The van der Waals surface area contributed by atoms with Gasteiger partial charge in [0, 0.05) is 66.4 Å². The maximum absolute atomic E-state index is 11.7. The first-order valence-corrected chi connectivity index (χ1v) is 18.7. The number of hydrogen-bond acceptors (Lipinski definition) is 5. The molecule has 0 unspecified atom stereocenters. The number of nitrogens with zero attached hydrogens (tertiary/aromatic N) is 3. The van der Waals surface area contributed by atoms with E-state index in [2.05, 4.69) is 92.1 Å². The molecule has 263 valence electrons. The Bertz CT molecular complexity index is 2160. The predicted molar refractivity (Wildman–Crippen MR) is 206 cm³/mol. The van der Waals surface area contributed by atoms with Gasteiger partial charge in [-0.2, -0.15) is 0 Å². The Kier molecular flexibility index (Phi) is 11.8. The van der Waals surface area contributed by atoms with E-state index in [1.54, 1.807) is 11.3 Å². The molecule has 5 nitrogen and oxygen atoms in total. The number of carbonyl (C=O) groups excluding carboxylic acids is 1. The number of pyridine rings is 1. The summed E-state index contributed by atoms with van der Waals surface area (Å²) in [6, 6.07) is 25.4. The Morgan fingerprint density at radius 2 is 1.62 bits per heavy atom.